The predicted molar refractivity (Wildman–Crippen MR) is 61.8 cm³/mol. The zero-order valence-corrected chi connectivity index (χ0v) is 9.74. The molecule has 84 valence electrons. The van der Waals surface area contributed by atoms with Gasteiger partial charge in [-0.15, -0.1) is 0 Å². The van der Waals surface area contributed by atoms with Gasteiger partial charge in [-0.25, -0.2) is 4.98 Å². The maximum atomic E-state index is 4.27. The van der Waals surface area contributed by atoms with Crippen LogP contribution in [0, 0.1) is 12.8 Å². The number of imidazole rings is 1. The number of nitrogens with one attached hydrogen (secondary N) is 1. The van der Waals surface area contributed by atoms with Crippen molar-refractivity contribution in [3.8, 4) is 0 Å². The van der Waals surface area contributed by atoms with E-state index in [9.17, 15) is 0 Å². The number of aryl methyl sites for hydroxylation is 1. The van der Waals surface area contributed by atoms with E-state index < -0.39 is 0 Å². The van der Waals surface area contributed by atoms with Crippen LogP contribution in [-0.4, -0.2) is 22.6 Å². The van der Waals surface area contributed by atoms with Gasteiger partial charge in [-0.1, -0.05) is 12.8 Å². The minimum absolute atomic E-state index is 0.611. The monoisotopic (exact) mass is 207 g/mol. The highest BCUT2D eigenvalue weighted by molar-refractivity contribution is 4.91. The number of aromatic nitrogens is 2. The Morgan fingerprint density at radius 1 is 1.53 bits per heavy atom. The van der Waals surface area contributed by atoms with Crippen molar-refractivity contribution >= 4 is 0 Å². The molecule has 1 aliphatic carbocycles. The fourth-order valence-corrected chi connectivity index (χ4v) is 2.64. The molecule has 1 fully saturated rings. The van der Waals surface area contributed by atoms with E-state index in [1.165, 1.54) is 25.7 Å². The Kier molecular flexibility index (Phi) is 3.41. The van der Waals surface area contributed by atoms with Crippen molar-refractivity contribution < 1.29 is 0 Å². The standard InChI is InChI=1S/C12H21N3/c1-10-14-7-8-15(10)9-12(13-2)11-5-3-4-6-11/h7-8,11-13H,3-6,9H2,1-2H3. The summed E-state index contributed by atoms with van der Waals surface area (Å²) in [5.41, 5.74) is 0. The lowest BCUT2D eigenvalue weighted by molar-refractivity contribution is 0.338. The normalized spacial score (nSPS) is 19.6. The molecule has 1 N–H and O–H groups in total. The minimum atomic E-state index is 0.611. The summed E-state index contributed by atoms with van der Waals surface area (Å²) in [7, 11) is 2.08. The van der Waals surface area contributed by atoms with Crippen molar-refractivity contribution in [3.05, 3.63) is 18.2 Å². The van der Waals surface area contributed by atoms with E-state index in [1.54, 1.807) is 0 Å². The lowest BCUT2D eigenvalue weighted by Gasteiger charge is -2.23. The van der Waals surface area contributed by atoms with Gasteiger partial charge in [0.25, 0.3) is 0 Å². The summed E-state index contributed by atoms with van der Waals surface area (Å²) < 4.78 is 2.25. The fraction of sp³-hybridized carbons (Fsp3) is 0.750. The van der Waals surface area contributed by atoms with Crippen molar-refractivity contribution in [2.45, 2.75) is 45.2 Å². The third-order valence-electron chi connectivity index (χ3n) is 3.66. The topological polar surface area (TPSA) is 29.9 Å². The van der Waals surface area contributed by atoms with Crippen molar-refractivity contribution in [3.63, 3.8) is 0 Å². The highest BCUT2D eigenvalue weighted by Crippen LogP contribution is 2.28. The van der Waals surface area contributed by atoms with Gasteiger partial charge in [-0.05, 0) is 32.7 Å². The summed E-state index contributed by atoms with van der Waals surface area (Å²) in [6, 6.07) is 0.611. The van der Waals surface area contributed by atoms with E-state index in [0.717, 1.165) is 18.3 Å². The number of nitrogens with zero attached hydrogens (tertiary/aromatic N) is 2. The first-order valence-corrected chi connectivity index (χ1v) is 5.96. The molecule has 1 aliphatic rings. The van der Waals surface area contributed by atoms with E-state index in [2.05, 4.69) is 35.0 Å². The quantitative estimate of drug-likeness (QED) is 0.818. The molecule has 3 nitrogen and oxygen atoms in total. The van der Waals surface area contributed by atoms with Crippen LogP contribution in [0.5, 0.6) is 0 Å². The largest absolute Gasteiger partial charge is 0.334 e. The Morgan fingerprint density at radius 2 is 2.27 bits per heavy atom. The Hall–Kier alpha value is -0.830. The number of rotatable bonds is 4. The van der Waals surface area contributed by atoms with E-state index in [0.29, 0.717) is 6.04 Å². The third-order valence-corrected chi connectivity index (χ3v) is 3.66. The van der Waals surface area contributed by atoms with Gasteiger partial charge in [0.2, 0.25) is 0 Å². The lowest BCUT2D eigenvalue weighted by Crippen LogP contribution is -2.36. The van der Waals surface area contributed by atoms with Crippen molar-refractivity contribution in [1.29, 1.82) is 0 Å². The zero-order valence-electron chi connectivity index (χ0n) is 9.74. The highest BCUT2D eigenvalue weighted by atomic mass is 15.1. The predicted octanol–water partition coefficient (Wildman–Crippen LogP) is 1.97. The molecule has 0 aliphatic heterocycles. The molecular weight excluding hydrogens is 186 g/mol. The van der Waals surface area contributed by atoms with Gasteiger partial charge < -0.3 is 9.88 Å². The second-order valence-corrected chi connectivity index (χ2v) is 4.57. The van der Waals surface area contributed by atoms with Crippen molar-refractivity contribution in [2.24, 2.45) is 5.92 Å². The zero-order chi connectivity index (χ0) is 10.7. The molecule has 1 unspecified atom stereocenters. The molecule has 0 aromatic carbocycles. The fourth-order valence-electron chi connectivity index (χ4n) is 2.64. The Bertz CT molecular complexity index is 300. The molecule has 1 atom stereocenters. The van der Waals surface area contributed by atoms with Crippen LogP contribution in [0.25, 0.3) is 0 Å². The SMILES string of the molecule is CNC(Cn1ccnc1C)C1CCCC1. The summed E-state index contributed by atoms with van der Waals surface area (Å²) in [6.45, 7) is 3.13. The smallest absolute Gasteiger partial charge is 0.105 e. The molecule has 1 saturated carbocycles. The summed E-state index contributed by atoms with van der Waals surface area (Å²) in [4.78, 5) is 4.27. The third kappa shape index (κ3) is 2.40. The molecule has 0 amide bonds. The molecule has 1 aromatic heterocycles. The van der Waals surface area contributed by atoms with Crippen LogP contribution in [-0.2, 0) is 6.54 Å². The van der Waals surface area contributed by atoms with Crippen LogP contribution in [0.4, 0.5) is 0 Å². The van der Waals surface area contributed by atoms with E-state index >= 15 is 0 Å². The van der Waals surface area contributed by atoms with Crippen LogP contribution in [0.15, 0.2) is 12.4 Å². The Morgan fingerprint density at radius 3 is 2.80 bits per heavy atom. The summed E-state index contributed by atoms with van der Waals surface area (Å²) in [5, 5.41) is 3.46. The molecule has 1 heterocycles. The van der Waals surface area contributed by atoms with E-state index in [-0.39, 0.29) is 0 Å². The van der Waals surface area contributed by atoms with Crippen LogP contribution >= 0.6 is 0 Å². The van der Waals surface area contributed by atoms with Crippen LogP contribution in [0.2, 0.25) is 0 Å². The molecule has 0 radical (unpaired) electrons. The van der Waals surface area contributed by atoms with Gasteiger partial charge in [0.1, 0.15) is 5.82 Å². The van der Waals surface area contributed by atoms with Crippen LogP contribution < -0.4 is 5.32 Å². The molecule has 0 bridgehead atoms. The van der Waals surface area contributed by atoms with Crippen molar-refractivity contribution in [1.82, 2.24) is 14.9 Å². The van der Waals surface area contributed by atoms with Gasteiger partial charge in [0.15, 0.2) is 0 Å². The number of hydrogen-bond donors (Lipinski definition) is 1. The van der Waals surface area contributed by atoms with Gasteiger partial charge >= 0.3 is 0 Å². The minimum Gasteiger partial charge on any atom is -0.334 e. The summed E-state index contributed by atoms with van der Waals surface area (Å²) in [6.07, 6.45) is 9.56. The molecule has 3 heteroatoms. The summed E-state index contributed by atoms with van der Waals surface area (Å²) in [5.74, 6) is 1.98. The van der Waals surface area contributed by atoms with Gasteiger partial charge in [0.05, 0.1) is 0 Å². The molecule has 15 heavy (non-hydrogen) atoms. The van der Waals surface area contributed by atoms with Crippen molar-refractivity contribution in [2.75, 3.05) is 7.05 Å². The molecule has 2 rings (SSSR count). The first-order valence-electron chi connectivity index (χ1n) is 5.96. The highest BCUT2D eigenvalue weighted by Gasteiger charge is 2.24. The maximum Gasteiger partial charge on any atom is 0.105 e. The number of likely N-dealkylation sites (N-methyl/N-ethyl adjacent to an activating group) is 1. The first-order chi connectivity index (χ1) is 7.31. The Labute approximate surface area is 91.9 Å². The first kappa shape index (κ1) is 10.7. The van der Waals surface area contributed by atoms with Crippen LogP contribution in [0.3, 0.4) is 0 Å². The number of hydrogen-bond acceptors (Lipinski definition) is 2. The van der Waals surface area contributed by atoms with Crippen LogP contribution in [0.1, 0.15) is 31.5 Å². The Balaban J connectivity index is 1.98. The maximum absolute atomic E-state index is 4.27. The van der Waals surface area contributed by atoms with E-state index in [1.807, 2.05) is 6.20 Å². The summed E-state index contributed by atoms with van der Waals surface area (Å²) >= 11 is 0. The lowest BCUT2D eigenvalue weighted by atomic mass is 9.98. The molecule has 0 saturated heterocycles. The molecular formula is C12H21N3. The van der Waals surface area contributed by atoms with Gasteiger partial charge in [-0.2, -0.15) is 0 Å². The average Bonchev–Trinajstić information content (AvgIpc) is 2.86. The second kappa shape index (κ2) is 4.79. The molecule has 0 spiro atoms. The average molecular weight is 207 g/mol. The van der Waals surface area contributed by atoms with E-state index in [4.69, 9.17) is 0 Å². The molecule has 1 aromatic rings. The van der Waals surface area contributed by atoms with Gasteiger partial charge in [0, 0.05) is 25.0 Å². The van der Waals surface area contributed by atoms with Gasteiger partial charge in [-0.3, -0.25) is 0 Å². The second-order valence-electron chi connectivity index (χ2n) is 4.57.